The molecule has 0 bridgehead atoms. The van der Waals surface area contributed by atoms with Gasteiger partial charge in [0.1, 0.15) is 5.75 Å². The number of methoxy groups -OCH3 is 1. The van der Waals surface area contributed by atoms with Crippen LogP contribution in [0.4, 0.5) is 0 Å². The molecule has 0 aliphatic heterocycles. The quantitative estimate of drug-likeness (QED) is 0.588. The highest BCUT2D eigenvalue weighted by atomic mass is 16.5. The predicted octanol–water partition coefficient (Wildman–Crippen LogP) is 1.99. The number of carboxylic acid groups (broad SMARTS) is 1. The number of carboxylic acids is 1. The van der Waals surface area contributed by atoms with E-state index in [4.69, 9.17) is 14.9 Å². The fraction of sp³-hybridized carbons (Fsp3) is 0.182. The lowest BCUT2D eigenvalue weighted by molar-refractivity contribution is -0.135. The lowest BCUT2D eigenvalue weighted by atomic mass is 10.1. The second kappa shape index (κ2) is 4.50. The van der Waals surface area contributed by atoms with E-state index >= 15 is 0 Å². The van der Waals surface area contributed by atoms with E-state index in [1.807, 2.05) is 6.92 Å². The van der Waals surface area contributed by atoms with Gasteiger partial charge in [-0.25, -0.2) is 4.79 Å². The Kier molecular flexibility index (Phi) is 3.33. The van der Waals surface area contributed by atoms with Crippen LogP contribution in [0, 0.1) is 6.92 Å². The van der Waals surface area contributed by atoms with Crippen molar-refractivity contribution in [3.8, 4) is 5.75 Å². The molecule has 0 unspecified atom stereocenters. The highest BCUT2D eigenvalue weighted by Crippen LogP contribution is 2.19. The van der Waals surface area contributed by atoms with Crippen LogP contribution >= 0.6 is 0 Å². The first-order valence-corrected chi connectivity index (χ1v) is 4.33. The Hall–Kier alpha value is -1.97. The molecule has 0 amide bonds. The maximum atomic E-state index is 10.4. The van der Waals surface area contributed by atoms with Gasteiger partial charge in [0, 0.05) is 0 Å². The maximum Gasteiger partial charge on any atom is 0.370 e. The van der Waals surface area contributed by atoms with Gasteiger partial charge in [0.15, 0.2) is 0 Å². The Balaban J connectivity index is 3.03. The van der Waals surface area contributed by atoms with Crippen LogP contribution in [-0.4, -0.2) is 23.3 Å². The summed E-state index contributed by atoms with van der Waals surface area (Å²) >= 11 is 0. The van der Waals surface area contributed by atoms with Crippen LogP contribution in [0.25, 0.3) is 6.08 Å². The van der Waals surface area contributed by atoms with Crippen molar-refractivity contribution in [2.45, 2.75) is 6.92 Å². The van der Waals surface area contributed by atoms with Crippen LogP contribution < -0.4 is 4.74 Å². The molecular weight excluding hydrogens is 196 g/mol. The molecule has 4 nitrogen and oxygen atoms in total. The number of aliphatic hydroxyl groups is 1. The summed E-state index contributed by atoms with van der Waals surface area (Å²) in [5.41, 5.74) is 1.50. The Bertz CT molecular complexity index is 407. The van der Waals surface area contributed by atoms with Crippen LogP contribution in [0.1, 0.15) is 11.1 Å². The molecule has 0 aliphatic carbocycles. The molecule has 0 saturated heterocycles. The van der Waals surface area contributed by atoms with Crippen LogP contribution in [0.2, 0.25) is 0 Å². The molecule has 1 rings (SSSR count). The lowest BCUT2D eigenvalue weighted by Gasteiger charge is -2.04. The fourth-order valence-corrected chi connectivity index (χ4v) is 1.21. The highest BCUT2D eigenvalue weighted by Gasteiger charge is 2.04. The first kappa shape index (κ1) is 11.1. The number of aliphatic hydroxyl groups excluding tert-OH is 1. The summed E-state index contributed by atoms with van der Waals surface area (Å²) in [7, 11) is 1.56. The zero-order valence-corrected chi connectivity index (χ0v) is 8.52. The highest BCUT2D eigenvalue weighted by molar-refractivity contribution is 5.89. The van der Waals surface area contributed by atoms with E-state index in [2.05, 4.69) is 0 Å². The summed E-state index contributed by atoms with van der Waals surface area (Å²) in [5.74, 6) is -1.30. The minimum atomic E-state index is -1.34. The first-order valence-electron chi connectivity index (χ1n) is 4.33. The zero-order valence-electron chi connectivity index (χ0n) is 8.52. The molecule has 0 spiro atoms. The molecule has 0 heterocycles. The number of benzene rings is 1. The van der Waals surface area contributed by atoms with Gasteiger partial charge in [-0.1, -0.05) is 6.07 Å². The molecule has 0 radical (unpaired) electrons. The van der Waals surface area contributed by atoms with Crippen molar-refractivity contribution >= 4 is 12.0 Å². The average molecular weight is 208 g/mol. The van der Waals surface area contributed by atoms with Crippen molar-refractivity contribution in [2.75, 3.05) is 7.11 Å². The van der Waals surface area contributed by atoms with E-state index < -0.39 is 11.7 Å². The first-order chi connectivity index (χ1) is 7.04. The second-order valence-electron chi connectivity index (χ2n) is 3.06. The molecule has 0 aliphatic rings. The van der Waals surface area contributed by atoms with Crippen LogP contribution in [0.5, 0.6) is 5.75 Å². The molecule has 15 heavy (non-hydrogen) atoms. The van der Waals surface area contributed by atoms with Crippen molar-refractivity contribution < 1.29 is 19.7 Å². The number of carbonyl (C=O) groups is 1. The summed E-state index contributed by atoms with van der Waals surface area (Å²) in [6.45, 7) is 1.84. The minimum Gasteiger partial charge on any atom is -0.502 e. The van der Waals surface area contributed by atoms with Gasteiger partial charge in [-0.2, -0.15) is 0 Å². The summed E-state index contributed by atoms with van der Waals surface area (Å²) in [4.78, 5) is 10.4. The Morgan fingerprint density at radius 2 is 2.07 bits per heavy atom. The Morgan fingerprint density at radius 3 is 2.53 bits per heavy atom. The van der Waals surface area contributed by atoms with Gasteiger partial charge in [0.05, 0.1) is 7.11 Å². The number of aryl methyl sites for hydroxylation is 1. The topological polar surface area (TPSA) is 66.8 Å². The molecule has 0 fully saturated rings. The summed E-state index contributed by atoms with van der Waals surface area (Å²) < 4.78 is 5.05. The Labute approximate surface area is 87.4 Å². The molecule has 1 aromatic carbocycles. The van der Waals surface area contributed by atoms with Crippen molar-refractivity contribution in [3.05, 3.63) is 35.1 Å². The molecule has 4 heteroatoms. The van der Waals surface area contributed by atoms with Crippen LogP contribution in [0.15, 0.2) is 24.0 Å². The predicted molar refractivity (Wildman–Crippen MR) is 56.0 cm³/mol. The van der Waals surface area contributed by atoms with Gasteiger partial charge in [0.25, 0.3) is 0 Å². The van der Waals surface area contributed by atoms with E-state index in [-0.39, 0.29) is 0 Å². The number of rotatable bonds is 3. The molecule has 0 saturated carbocycles. The third-order valence-corrected chi connectivity index (χ3v) is 1.94. The van der Waals surface area contributed by atoms with Crippen LogP contribution in [-0.2, 0) is 4.79 Å². The molecule has 80 valence electrons. The second-order valence-corrected chi connectivity index (χ2v) is 3.06. The molecule has 1 aromatic rings. The van der Waals surface area contributed by atoms with Gasteiger partial charge >= 0.3 is 5.97 Å². The largest absolute Gasteiger partial charge is 0.502 e. The summed E-state index contributed by atoms with van der Waals surface area (Å²) in [5, 5.41) is 17.5. The summed E-state index contributed by atoms with van der Waals surface area (Å²) in [6, 6.07) is 5.12. The van der Waals surface area contributed by atoms with E-state index in [1.165, 1.54) is 6.08 Å². The van der Waals surface area contributed by atoms with Gasteiger partial charge in [-0.05, 0) is 36.3 Å². The third-order valence-electron chi connectivity index (χ3n) is 1.94. The number of ether oxygens (including phenoxy) is 1. The normalized spacial score (nSPS) is 11.2. The van der Waals surface area contributed by atoms with Gasteiger partial charge in [0.2, 0.25) is 5.76 Å². The maximum absolute atomic E-state index is 10.4. The molecular formula is C11H12O4. The Morgan fingerprint density at radius 1 is 1.40 bits per heavy atom. The average Bonchev–Trinajstić information content (AvgIpc) is 2.18. The van der Waals surface area contributed by atoms with Gasteiger partial charge in [-0.15, -0.1) is 0 Å². The fourth-order valence-electron chi connectivity index (χ4n) is 1.21. The zero-order chi connectivity index (χ0) is 11.4. The smallest absolute Gasteiger partial charge is 0.370 e. The van der Waals surface area contributed by atoms with E-state index in [0.717, 1.165) is 11.3 Å². The van der Waals surface area contributed by atoms with Crippen molar-refractivity contribution in [1.29, 1.82) is 0 Å². The number of aliphatic carboxylic acids is 1. The lowest BCUT2D eigenvalue weighted by Crippen LogP contribution is -1.98. The minimum absolute atomic E-state index is 0.619. The number of hydrogen-bond donors (Lipinski definition) is 2. The van der Waals surface area contributed by atoms with E-state index in [9.17, 15) is 4.79 Å². The van der Waals surface area contributed by atoms with E-state index in [1.54, 1.807) is 25.3 Å². The number of hydrogen-bond acceptors (Lipinski definition) is 3. The summed E-state index contributed by atoms with van der Waals surface area (Å²) in [6.07, 6.45) is 1.19. The molecule has 0 atom stereocenters. The van der Waals surface area contributed by atoms with Crippen molar-refractivity contribution in [1.82, 2.24) is 0 Å². The molecule has 2 N–H and O–H groups in total. The van der Waals surface area contributed by atoms with Gasteiger partial charge in [-0.3, -0.25) is 0 Å². The SMILES string of the molecule is COc1ccc(C=C(O)C(=O)O)cc1C. The van der Waals surface area contributed by atoms with Crippen LogP contribution in [0.3, 0.4) is 0 Å². The monoisotopic (exact) mass is 208 g/mol. The van der Waals surface area contributed by atoms with Gasteiger partial charge < -0.3 is 14.9 Å². The van der Waals surface area contributed by atoms with Crippen molar-refractivity contribution in [2.24, 2.45) is 0 Å². The van der Waals surface area contributed by atoms with Crippen molar-refractivity contribution in [3.63, 3.8) is 0 Å². The molecule has 0 aromatic heterocycles. The standard InChI is InChI=1S/C11H12O4/c1-7-5-8(3-4-10(7)15-2)6-9(12)11(13)14/h3-6,12H,1-2H3,(H,13,14). The third kappa shape index (κ3) is 2.74. The van der Waals surface area contributed by atoms with E-state index in [0.29, 0.717) is 5.56 Å².